The molecule has 0 aliphatic carbocycles. The van der Waals surface area contributed by atoms with Crippen molar-refractivity contribution in [3.63, 3.8) is 0 Å². The zero-order chi connectivity index (χ0) is 17.9. The number of hydrogen-bond donors (Lipinski definition) is 1. The van der Waals surface area contributed by atoms with Gasteiger partial charge in [0.15, 0.2) is 0 Å². The first-order valence-corrected chi connectivity index (χ1v) is 7.79. The van der Waals surface area contributed by atoms with Gasteiger partial charge in [-0.15, -0.1) is 0 Å². The molecule has 0 radical (unpaired) electrons. The van der Waals surface area contributed by atoms with Crippen LogP contribution in [0.4, 0.5) is 0 Å². The molecule has 0 aliphatic heterocycles. The third kappa shape index (κ3) is 3.98. The SMILES string of the molecule is CCN(CC(=O)NC(C)(C)C)C(=O)c1cnc2ccccn2c1=O. The molecule has 0 spiro atoms. The standard InChI is InChI=1S/C17H22N4O3/c1-5-20(11-14(22)19-17(2,3)4)15(23)12-10-18-13-8-6-7-9-21(13)16(12)24/h6-10H,5,11H2,1-4H3,(H,19,22). The number of rotatable bonds is 4. The quantitative estimate of drug-likeness (QED) is 0.909. The van der Waals surface area contributed by atoms with Crippen molar-refractivity contribution in [3.05, 3.63) is 46.5 Å². The lowest BCUT2D eigenvalue weighted by atomic mass is 10.1. The zero-order valence-electron chi connectivity index (χ0n) is 14.4. The summed E-state index contributed by atoms with van der Waals surface area (Å²) in [5, 5.41) is 2.80. The number of nitrogens with one attached hydrogen (secondary N) is 1. The Bertz CT molecular complexity index is 820. The molecule has 0 saturated carbocycles. The van der Waals surface area contributed by atoms with Crippen molar-refractivity contribution >= 4 is 17.5 Å². The molecular formula is C17H22N4O3. The topological polar surface area (TPSA) is 83.8 Å². The first-order valence-electron chi connectivity index (χ1n) is 7.79. The summed E-state index contributed by atoms with van der Waals surface area (Å²) in [5.74, 6) is -0.774. The lowest BCUT2D eigenvalue weighted by Gasteiger charge is -2.25. The van der Waals surface area contributed by atoms with Crippen molar-refractivity contribution in [2.75, 3.05) is 13.1 Å². The Labute approximate surface area is 140 Å². The highest BCUT2D eigenvalue weighted by molar-refractivity contribution is 5.96. The molecule has 2 amide bonds. The molecule has 24 heavy (non-hydrogen) atoms. The van der Waals surface area contributed by atoms with Crippen LogP contribution in [-0.4, -0.2) is 44.7 Å². The maximum absolute atomic E-state index is 12.6. The fraction of sp³-hybridized carbons (Fsp3) is 0.412. The van der Waals surface area contributed by atoms with Crippen molar-refractivity contribution in [1.29, 1.82) is 0 Å². The minimum absolute atomic E-state index is 0.0518. The summed E-state index contributed by atoms with van der Waals surface area (Å²) in [6, 6.07) is 5.14. The molecule has 0 aromatic carbocycles. The highest BCUT2D eigenvalue weighted by Gasteiger charge is 2.23. The number of fused-ring (bicyclic) bond motifs is 1. The van der Waals surface area contributed by atoms with E-state index in [0.717, 1.165) is 0 Å². The number of amides is 2. The predicted octanol–water partition coefficient (Wildman–Crippen LogP) is 1.07. The van der Waals surface area contributed by atoms with E-state index in [9.17, 15) is 14.4 Å². The minimum Gasteiger partial charge on any atom is -0.350 e. The van der Waals surface area contributed by atoms with Crippen LogP contribution in [0.15, 0.2) is 35.4 Å². The summed E-state index contributed by atoms with van der Waals surface area (Å²) < 4.78 is 1.32. The second-order valence-electron chi connectivity index (χ2n) is 6.52. The van der Waals surface area contributed by atoms with Gasteiger partial charge in [0.2, 0.25) is 5.91 Å². The molecule has 0 unspecified atom stereocenters. The second-order valence-corrected chi connectivity index (χ2v) is 6.52. The van der Waals surface area contributed by atoms with Crippen LogP contribution in [-0.2, 0) is 4.79 Å². The van der Waals surface area contributed by atoms with Crippen LogP contribution in [0, 0.1) is 0 Å². The van der Waals surface area contributed by atoms with Gasteiger partial charge in [0.25, 0.3) is 11.5 Å². The number of carbonyl (C=O) groups is 2. The van der Waals surface area contributed by atoms with E-state index in [1.165, 1.54) is 15.5 Å². The van der Waals surface area contributed by atoms with Crippen LogP contribution in [0.3, 0.4) is 0 Å². The third-order valence-corrected chi connectivity index (χ3v) is 3.36. The van der Waals surface area contributed by atoms with Crippen molar-refractivity contribution in [3.8, 4) is 0 Å². The molecule has 0 saturated heterocycles. The van der Waals surface area contributed by atoms with Gasteiger partial charge in [0.05, 0.1) is 6.54 Å². The van der Waals surface area contributed by atoms with Crippen LogP contribution < -0.4 is 10.9 Å². The van der Waals surface area contributed by atoms with E-state index in [4.69, 9.17) is 0 Å². The third-order valence-electron chi connectivity index (χ3n) is 3.36. The molecular weight excluding hydrogens is 308 g/mol. The minimum atomic E-state index is -0.502. The van der Waals surface area contributed by atoms with Crippen molar-refractivity contribution in [2.45, 2.75) is 33.2 Å². The first kappa shape index (κ1) is 17.7. The van der Waals surface area contributed by atoms with Gasteiger partial charge in [0, 0.05) is 24.5 Å². The summed E-state index contributed by atoms with van der Waals surface area (Å²) >= 11 is 0. The largest absolute Gasteiger partial charge is 0.350 e. The fourth-order valence-corrected chi connectivity index (χ4v) is 2.30. The highest BCUT2D eigenvalue weighted by atomic mass is 16.2. The maximum atomic E-state index is 12.6. The van der Waals surface area contributed by atoms with E-state index >= 15 is 0 Å². The van der Waals surface area contributed by atoms with Gasteiger partial charge in [-0.25, -0.2) is 4.98 Å². The Morgan fingerprint density at radius 3 is 2.62 bits per heavy atom. The smallest absolute Gasteiger partial charge is 0.270 e. The Morgan fingerprint density at radius 1 is 1.29 bits per heavy atom. The van der Waals surface area contributed by atoms with Crippen molar-refractivity contribution in [1.82, 2.24) is 19.6 Å². The van der Waals surface area contributed by atoms with E-state index in [-0.39, 0.29) is 23.6 Å². The number of pyridine rings is 1. The molecule has 7 nitrogen and oxygen atoms in total. The van der Waals surface area contributed by atoms with Crippen LogP contribution in [0.25, 0.3) is 5.65 Å². The van der Waals surface area contributed by atoms with E-state index < -0.39 is 11.5 Å². The second kappa shape index (κ2) is 6.82. The number of carbonyl (C=O) groups excluding carboxylic acids is 2. The monoisotopic (exact) mass is 330 g/mol. The van der Waals surface area contributed by atoms with Gasteiger partial charge in [-0.2, -0.15) is 0 Å². The summed E-state index contributed by atoms with van der Waals surface area (Å²) in [6.45, 7) is 7.55. The summed E-state index contributed by atoms with van der Waals surface area (Å²) in [4.78, 5) is 42.6. The number of aromatic nitrogens is 2. The lowest BCUT2D eigenvalue weighted by Crippen LogP contribution is -2.48. The zero-order valence-corrected chi connectivity index (χ0v) is 14.4. The van der Waals surface area contributed by atoms with Gasteiger partial charge in [0.1, 0.15) is 11.2 Å². The average molecular weight is 330 g/mol. The summed E-state index contributed by atoms with van der Waals surface area (Å²) in [6.07, 6.45) is 2.83. The summed E-state index contributed by atoms with van der Waals surface area (Å²) in [5.41, 5.74) is -0.416. The van der Waals surface area contributed by atoms with E-state index in [1.807, 2.05) is 20.8 Å². The highest BCUT2D eigenvalue weighted by Crippen LogP contribution is 2.04. The fourth-order valence-electron chi connectivity index (χ4n) is 2.30. The lowest BCUT2D eigenvalue weighted by molar-refractivity contribution is -0.123. The molecule has 0 fully saturated rings. The van der Waals surface area contributed by atoms with Crippen LogP contribution in [0.2, 0.25) is 0 Å². The molecule has 128 valence electrons. The van der Waals surface area contributed by atoms with Crippen LogP contribution in [0.5, 0.6) is 0 Å². The molecule has 0 aliphatic rings. The van der Waals surface area contributed by atoms with E-state index in [1.54, 1.807) is 31.3 Å². The van der Waals surface area contributed by atoms with Gasteiger partial charge >= 0.3 is 0 Å². The maximum Gasteiger partial charge on any atom is 0.270 e. The van der Waals surface area contributed by atoms with Crippen molar-refractivity contribution in [2.24, 2.45) is 0 Å². The Balaban J connectivity index is 2.27. The molecule has 2 aromatic rings. The molecule has 1 N–H and O–H groups in total. The Morgan fingerprint density at radius 2 is 2.00 bits per heavy atom. The normalized spacial score (nSPS) is 11.3. The molecule has 7 heteroatoms. The average Bonchev–Trinajstić information content (AvgIpc) is 2.51. The number of hydrogen-bond acceptors (Lipinski definition) is 4. The number of likely N-dealkylation sites (N-methyl/N-ethyl adjacent to an activating group) is 1. The first-order chi connectivity index (χ1) is 11.2. The van der Waals surface area contributed by atoms with Gasteiger partial charge in [-0.1, -0.05) is 6.07 Å². The molecule has 0 bridgehead atoms. The molecule has 2 aromatic heterocycles. The van der Waals surface area contributed by atoms with Crippen LogP contribution >= 0.6 is 0 Å². The van der Waals surface area contributed by atoms with Gasteiger partial charge < -0.3 is 10.2 Å². The molecule has 0 atom stereocenters. The Kier molecular flexibility index (Phi) is 5.02. The molecule has 2 rings (SSSR count). The summed E-state index contributed by atoms with van der Waals surface area (Å²) in [7, 11) is 0. The number of nitrogens with zero attached hydrogens (tertiary/aromatic N) is 3. The van der Waals surface area contributed by atoms with E-state index in [0.29, 0.717) is 12.2 Å². The van der Waals surface area contributed by atoms with Gasteiger partial charge in [-0.3, -0.25) is 18.8 Å². The van der Waals surface area contributed by atoms with Crippen LogP contribution in [0.1, 0.15) is 38.1 Å². The van der Waals surface area contributed by atoms with Gasteiger partial charge in [-0.05, 0) is 39.8 Å². The predicted molar refractivity (Wildman–Crippen MR) is 90.9 cm³/mol. The molecule has 2 heterocycles. The van der Waals surface area contributed by atoms with Crippen molar-refractivity contribution < 1.29 is 9.59 Å². The van der Waals surface area contributed by atoms with E-state index in [2.05, 4.69) is 10.3 Å². The Hall–Kier alpha value is -2.70.